The number of imidazole rings is 1. The number of hydrogen-bond donors (Lipinski definition) is 2. The molecule has 0 aliphatic heterocycles. The Hall–Kier alpha value is -2.30. The summed E-state index contributed by atoms with van der Waals surface area (Å²) in [5, 5.41) is 10.1. The number of nitrogens with one attached hydrogen (secondary N) is 1. The van der Waals surface area contributed by atoms with E-state index in [1.165, 1.54) is 6.20 Å². The lowest BCUT2D eigenvalue weighted by atomic mass is 10.1. The lowest BCUT2D eigenvalue weighted by Gasteiger charge is -2.21. The predicted molar refractivity (Wildman–Crippen MR) is 74.6 cm³/mol. The van der Waals surface area contributed by atoms with Crippen LogP contribution in [0, 0.1) is 0 Å². The number of phenols is 1. The molecule has 2 aromatic rings. The summed E-state index contributed by atoms with van der Waals surface area (Å²) in [6.07, 6.45) is 2.14. The van der Waals surface area contributed by atoms with Crippen molar-refractivity contribution < 1.29 is 9.90 Å². The molecule has 0 atom stereocenters. The van der Waals surface area contributed by atoms with Crippen LogP contribution in [0.15, 0.2) is 24.4 Å². The van der Waals surface area contributed by atoms with Crippen LogP contribution in [-0.4, -0.2) is 34.5 Å². The SMILES string of the molecule is CCN(CC)c1ccc(-c2ncc(C=O)[nH]2)c(O)c1. The molecule has 0 saturated carbocycles. The zero-order valence-corrected chi connectivity index (χ0v) is 11.1. The molecule has 0 saturated heterocycles. The summed E-state index contributed by atoms with van der Waals surface area (Å²) >= 11 is 0. The molecule has 5 heteroatoms. The molecule has 2 N–H and O–H groups in total. The minimum absolute atomic E-state index is 0.149. The van der Waals surface area contributed by atoms with E-state index >= 15 is 0 Å². The van der Waals surface area contributed by atoms with E-state index in [0.29, 0.717) is 23.4 Å². The number of anilines is 1. The van der Waals surface area contributed by atoms with Crippen LogP contribution < -0.4 is 4.90 Å². The molecule has 0 amide bonds. The number of aromatic amines is 1. The number of H-pyrrole nitrogens is 1. The number of aldehydes is 1. The largest absolute Gasteiger partial charge is 0.507 e. The summed E-state index contributed by atoms with van der Waals surface area (Å²) in [4.78, 5) is 19.7. The van der Waals surface area contributed by atoms with Gasteiger partial charge in [-0.1, -0.05) is 0 Å². The fraction of sp³-hybridized carbons (Fsp3) is 0.286. The molecule has 0 bridgehead atoms. The van der Waals surface area contributed by atoms with E-state index < -0.39 is 0 Å². The molecule has 2 rings (SSSR count). The van der Waals surface area contributed by atoms with E-state index in [1.54, 1.807) is 12.1 Å². The van der Waals surface area contributed by atoms with Gasteiger partial charge in [-0.05, 0) is 26.0 Å². The molecule has 0 aliphatic carbocycles. The Kier molecular flexibility index (Phi) is 3.85. The highest BCUT2D eigenvalue weighted by Gasteiger charge is 2.11. The molecular weight excluding hydrogens is 242 g/mol. The number of hydrogen-bond acceptors (Lipinski definition) is 4. The standard InChI is InChI=1S/C14H17N3O2/c1-3-17(4-2)11-5-6-12(13(19)7-11)14-15-8-10(9-18)16-14/h5-9,19H,3-4H2,1-2H3,(H,15,16). The Balaban J connectivity index is 2.36. The molecule has 1 heterocycles. The number of rotatable bonds is 5. The lowest BCUT2D eigenvalue weighted by molar-refractivity contribution is 0.111. The van der Waals surface area contributed by atoms with E-state index in [1.807, 2.05) is 6.07 Å². The van der Waals surface area contributed by atoms with Crippen LogP contribution in [0.4, 0.5) is 5.69 Å². The quantitative estimate of drug-likeness (QED) is 0.809. The highest BCUT2D eigenvalue weighted by Crippen LogP contribution is 2.31. The van der Waals surface area contributed by atoms with Gasteiger partial charge in [0.15, 0.2) is 6.29 Å². The normalized spacial score (nSPS) is 10.4. The van der Waals surface area contributed by atoms with Crippen molar-refractivity contribution in [1.82, 2.24) is 9.97 Å². The van der Waals surface area contributed by atoms with Crippen LogP contribution in [-0.2, 0) is 0 Å². The summed E-state index contributed by atoms with van der Waals surface area (Å²) in [6, 6.07) is 5.45. The fourth-order valence-electron chi connectivity index (χ4n) is 2.04. The molecule has 0 spiro atoms. The number of carbonyl (C=O) groups excluding carboxylic acids is 1. The second kappa shape index (κ2) is 5.56. The van der Waals surface area contributed by atoms with Crippen LogP contribution in [0.1, 0.15) is 24.3 Å². The molecule has 0 aliphatic rings. The van der Waals surface area contributed by atoms with Crippen LogP contribution in [0.25, 0.3) is 11.4 Å². The Morgan fingerprint density at radius 3 is 2.63 bits per heavy atom. The number of phenolic OH excluding ortho intramolecular Hbond substituents is 1. The first-order valence-electron chi connectivity index (χ1n) is 6.28. The van der Waals surface area contributed by atoms with E-state index in [0.717, 1.165) is 18.8 Å². The molecule has 0 fully saturated rings. The first kappa shape index (κ1) is 13.1. The Bertz CT molecular complexity index is 574. The maximum atomic E-state index is 10.6. The molecule has 1 aromatic heterocycles. The van der Waals surface area contributed by atoms with Crippen molar-refractivity contribution in [3.8, 4) is 17.1 Å². The second-order valence-electron chi connectivity index (χ2n) is 4.18. The van der Waals surface area contributed by atoms with Crippen molar-refractivity contribution in [3.05, 3.63) is 30.1 Å². The van der Waals surface area contributed by atoms with Crippen molar-refractivity contribution in [2.45, 2.75) is 13.8 Å². The third kappa shape index (κ3) is 2.59. The number of aromatic nitrogens is 2. The lowest BCUT2D eigenvalue weighted by Crippen LogP contribution is -2.21. The maximum Gasteiger partial charge on any atom is 0.167 e. The van der Waals surface area contributed by atoms with Crippen molar-refractivity contribution >= 4 is 12.0 Å². The minimum Gasteiger partial charge on any atom is -0.507 e. The average Bonchev–Trinajstić information content (AvgIpc) is 2.89. The van der Waals surface area contributed by atoms with Crippen LogP contribution >= 0.6 is 0 Å². The van der Waals surface area contributed by atoms with Gasteiger partial charge < -0.3 is 15.0 Å². The first-order valence-corrected chi connectivity index (χ1v) is 6.28. The van der Waals surface area contributed by atoms with Crippen molar-refractivity contribution in [3.63, 3.8) is 0 Å². The maximum absolute atomic E-state index is 10.6. The van der Waals surface area contributed by atoms with Gasteiger partial charge >= 0.3 is 0 Å². The monoisotopic (exact) mass is 259 g/mol. The summed E-state index contributed by atoms with van der Waals surface area (Å²) in [5.74, 6) is 0.641. The van der Waals surface area contributed by atoms with Crippen molar-refractivity contribution in [2.75, 3.05) is 18.0 Å². The molecule has 1 aromatic carbocycles. The van der Waals surface area contributed by atoms with Gasteiger partial charge in [-0.15, -0.1) is 0 Å². The van der Waals surface area contributed by atoms with E-state index in [4.69, 9.17) is 0 Å². The second-order valence-corrected chi connectivity index (χ2v) is 4.18. The number of benzene rings is 1. The van der Waals surface area contributed by atoms with E-state index in [2.05, 4.69) is 28.7 Å². The van der Waals surface area contributed by atoms with Gasteiger partial charge in [0.05, 0.1) is 17.5 Å². The summed E-state index contributed by atoms with van der Waals surface area (Å²) in [7, 11) is 0. The van der Waals surface area contributed by atoms with Crippen LogP contribution in [0.3, 0.4) is 0 Å². The van der Waals surface area contributed by atoms with E-state index in [-0.39, 0.29) is 5.75 Å². The van der Waals surface area contributed by atoms with Crippen molar-refractivity contribution in [1.29, 1.82) is 0 Å². The third-order valence-corrected chi connectivity index (χ3v) is 3.09. The highest BCUT2D eigenvalue weighted by atomic mass is 16.3. The van der Waals surface area contributed by atoms with Gasteiger partial charge in [-0.2, -0.15) is 0 Å². The van der Waals surface area contributed by atoms with E-state index in [9.17, 15) is 9.90 Å². The summed E-state index contributed by atoms with van der Waals surface area (Å²) in [5.41, 5.74) is 1.94. The Labute approximate surface area is 111 Å². The minimum atomic E-state index is 0.149. The zero-order chi connectivity index (χ0) is 13.8. The van der Waals surface area contributed by atoms with Gasteiger partial charge in [0, 0.05) is 24.8 Å². The Morgan fingerprint density at radius 2 is 2.11 bits per heavy atom. The molecular formula is C14H17N3O2. The molecule has 19 heavy (non-hydrogen) atoms. The summed E-state index contributed by atoms with van der Waals surface area (Å²) in [6.45, 7) is 5.89. The first-order chi connectivity index (χ1) is 9.19. The summed E-state index contributed by atoms with van der Waals surface area (Å²) < 4.78 is 0. The molecule has 0 radical (unpaired) electrons. The van der Waals surface area contributed by atoms with Gasteiger partial charge in [-0.25, -0.2) is 4.98 Å². The molecule has 100 valence electrons. The molecule has 5 nitrogen and oxygen atoms in total. The van der Waals surface area contributed by atoms with Gasteiger partial charge in [0.2, 0.25) is 0 Å². The average molecular weight is 259 g/mol. The van der Waals surface area contributed by atoms with Crippen molar-refractivity contribution in [2.24, 2.45) is 0 Å². The highest BCUT2D eigenvalue weighted by molar-refractivity contribution is 5.75. The fourth-order valence-corrected chi connectivity index (χ4v) is 2.04. The van der Waals surface area contributed by atoms with Crippen LogP contribution in [0.5, 0.6) is 5.75 Å². The molecule has 0 unspecified atom stereocenters. The third-order valence-electron chi connectivity index (χ3n) is 3.09. The zero-order valence-electron chi connectivity index (χ0n) is 11.1. The topological polar surface area (TPSA) is 69.2 Å². The van der Waals surface area contributed by atoms with Gasteiger partial charge in [0.1, 0.15) is 11.6 Å². The number of aromatic hydroxyl groups is 1. The number of carbonyl (C=O) groups is 1. The van der Waals surface area contributed by atoms with Crippen LogP contribution in [0.2, 0.25) is 0 Å². The van der Waals surface area contributed by atoms with Gasteiger partial charge in [-0.3, -0.25) is 4.79 Å². The smallest absolute Gasteiger partial charge is 0.167 e. The Morgan fingerprint density at radius 1 is 1.37 bits per heavy atom. The predicted octanol–water partition coefficient (Wildman–Crippen LogP) is 2.44. The van der Waals surface area contributed by atoms with Gasteiger partial charge in [0.25, 0.3) is 0 Å². The number of nitrogens with zero attached hydrogens (tertiary/aromatic N) is 2.